The summed E-state index contributed by atoms with van der Waals surface area (Å²) in [5.41, 5.74) is 4.18. The second kappa shape index (κ2) is 2.91. The Morgan fingerprint density at radius 2 is 1.73 bits per heavy atom. The van der Waals surface area contributed by atoms with Crippen LogP contribution < -0.4 is 5.46 Å². The maximum Gasteiger partial charge on any atom is 0.150 e. The number of rotatable bonds is 1. The minimum Gasteiger partial charge on any atom is -0.298 e. The second-order valence-electron chi connectivity index (χ2n) is 2.93. The molecule has 0 bridgehead atoms. The van der Waals surface area contributed by atoms with Crippen LogP contribution >= 0.6 is 0 Å². The number of carbonyl (C=O) groups excluding carboxylic acids is 1. The van der Waals surface area contributed by atoms with Crippen LogP contribution in [0.3, 0.4) is 0 Å². The van der Waals surface area contributed by atoms with E-state index in [0.29, 0.717) is 0 Å². The lowest BCUT2D eigenvalue weighted by molar-refractivity contribution is 0.112. The minimum atomic E-state index is 0.829. The van der Waals surface area contributed by atoms with Gasteiger partial charge >= 0.3 is 0 Å². The summed E-state index contributed by atoms with van der Waals surface area (Å²) in [5, 5.41) is 0. The van der Waals surface area contributed by atoms with E-state index in [1.807, 2.05) is 33.8 Å². The molecule has 0 unspecified atom stereocenters. The highest BCUT2D eigenvalue weighted by atomic mass is 16.1. The Labute approximate surface area is 67.8 Å². The van der Waals surface area contributed by atoms with Crippen LogP contribution in [0.15, 0.2) is 12.1 Å². The van der Waals surface area contributed by atoms with Crippen molar-refractivity contribution in [1.29, 1.82) is 0 Å². The van der Waals surface area contributed by atoms with Gasteiger partial charge < -0.3 is 0 Å². The highest BCUT2D eigenvalue weighted by molar-refractivity contribution is 6.32. The molecule has 11 heavy (non-hydrogen) atoms. The maximum absolute atomic E-state index is 10.6. The fraction of sp³-hybridized carbons (Fsp3) is 0.222. The first kappa shape index (κ1) is 8.06. The quantitative estimate of drug-likeness (QED) is 0.413. The maximum atomic E-state index is 10.6. The van der Waals surface area contributed by atoms with Gasteiger partial charge in [0.05, 0.1) is 0 Å². The van der Waals surface area contributed by atoms with Crippen LogP contribution in [0, 0.1) is 13.8 Å². The summed E-state index contributed by atoms with van der Waals surface area (Å²) in [5.74, 6) is 0. The number of carbonyl (C=O) groups is 1. The fourth-order valence-corrected chi connectivity index (χ4v) is 1.38. The zero-order chi connectivity index (χ0) is 8.43. The lowest BCUT2D eigenvalue weighted by Gasteiger charge is -2.03. The predicted molar refractivity (Wildman–Crippen MR) is 49.5 cm³/mol. The molecule has 1 aromatic carbocycles. The summed E-state index contributed by atoms with van der Waals surface area (Å²) in [6.07, 6.45) is 0.921. The van der Waals surface area contributed by atoms with Gasteiger partial charge in [-0.3, -0.25) is 4.79 Å². The predicted octanol–water partition coefficient (Wildman–Crippen LogP) is 0.374. The molecule has 0 aromatic heterocycles. The molecule has 0 radical (unpaired) electrons. The molecule has 0 amide bonds. The summed E-state index contributed by atoms with van der Waals surface area (Å²) in [4.78, 5) is 10.6. The Hall–Kier alpha value is -1.05. The third kappa shape index (κ3) is 1.51. The fourth-order valence-electron chi connectivity index (χ4n) is 1.38. The van der Waals surface area contributed by atoms with Crippen molar-refractivity contribution in [2.45, 2.75) is 13.8 Å². The van der Waals surface area contributed by atoms with Crippen LogP contribution in [0.4, 0.5) is 0 Å². The van der Waals surface area contributed by atoms with Gasteiger partial charge in [-0.1, -0.05) is 17.6 Å². The molecule has 0 atom stereocenters. The van der Waals surface area contributed by atoms with Crippen LogP contribution in [0.2, 0.25) is 0 Å². The van der Waals surface area contributed by atoms with Crippen molar-refractivity contribution in [3.8, 4) is 0 Å². The van der Waals surface area contributed by atoms with Gasteiger partial charge in [0, 0.05) is 5.56 Å². The molecular formula is C9H11BO. The van der Waals surface area contributed by atoms with Gasteiger partial charge in [-0.2, -0.15) is 0 Å². The van der Waals surface area contributed by atoms with Gasteiger partial charge in [0.15, 0.2) is 6.29 Å². The Morgan fingerprint density at radius 3 is 2.09 bits per heavy atom. The van der Waals surface area contributed by atoms with E-state index >= 15 is 0 Å². The third-order valence-electron chi connectivity index (χ3n) is 1.86. The lowest BCUT2D eigenvalue weighted by Crippen LogP contribution is -2.06. The molecule has 0 saturated carbocycles. The first-order chi connectivity index (χ1) is 5.15. The van der Waals surface area contributed by atoms with Crippen molar-refractivity contribution in [3.63, 3.8) is 0 Å². The molecule has 0 spiro atoms. The van der Waals surface area contributed by atoms with E-state index in [2.05, 4.69) is 0 Å². The van der Waals surface area contributed by atoms with E-state index in [1.165, 1.54) is 5.46 Å². The van der Waals surface area contributed by atoms with Crippen molar-refractivity contribution >= 4 is 19.6 Å². The minimum absolute atomic E-state index is 0.829. The summed E-state index contributed by atoms with van der Waals surface area (Å²) in [7, 11) is 2.04. The van der Waals surface area contributed by atoms with Crippen LogP contribution in [0.25, 0.3) is 0 Å². The first-order valence-corrected chi connectivity index (χ1v) is 3.68. The molecule has 0 aliphatic rings. The Kier molecular flexibility index (Phi) is 2.13. The molecule has 0 aliphatic carbocycles. The summed E-state index contributed by atoms with van der Waals surface area (Å²) in [6.45, 7) is 3.92. The van der Waals surface area contributed by atoms with Crippen molar-refractivity contribution in [1.82, 2.24) is 0 Å². The van der Waals surface area contributed by atoms with Gasteiger partial charge in [-0.25, -0.2) is 0 Å². The normalized spacial score (nSPS) is 9.64. The molecule has 0 aliphatic heterocycles. The molecular weight excluding hydrogens is 135 g/mol. The van der Waals surface area contributed by atoms with Gasteiger partial charge in [0.25, 0.3) is 0 Å². The molecule has 1 rings (SSSR count). The van der Waals surface area contributed by atoms with E-state index in [4.69, 9.17) is 0 Å². The zero-order valence-electron chi connectivity index (χ0n) is 7.14. The molecule has 0 N–H and O–H groups in total. The topological polar surface area (TPSA) is 17.1 Å². The molecule has 0 heterocycles. The second-order valence-corrected chi connectivity index (χ2v) is 2.93. The molecule has 56 valence electrons. The Balaban J connectivity index is 3.36. The SMILES string of the molecule is Bc1cc(C)c(C=O)c(C)c1. The first-order valence-electron chi connectivity index (χ1n) is 3.68. The average Bonchev–Trinajstić information content (AvgIpc) is 1.85. The van der Waals surface area contributed by atoms with Crippen molar-refractivity contribution in [3.05, 3.63) is 28.8 Å². The Bertz CT molecular complexity index is 269. The van der Waals surface area contributed by atoms with Crippen molar-refractivity contribution in [2.75, 3.05) is 0 Å². The molecule has 2 heteroatoms. The Morgan fingerprint density at radius 1 is 1.27 bits per heavy atom. The van der Waals surface area contributed by atoms with Gasteiger partial charge in [-0.15, -0.1) is 0 Å². The largest absolute Gasteiger partial charge is 0.298 e. The summed E-state index contributed by atoms with van der Waals surface area (Å²) >= 11 is 0. The van der Waals surface area contributed by atoms with Crippen LogP contribution in [0.5, 0.6) is 0 Å². The van der Waals surface area contributed by atoms with E-state index in [-0.39, 0.29) is 0 Å². The van der Waals surface area contributed by atoms with Crippen LogP contribution in [0.1, 0.15) is 21.5 Å². The smallest absolute Gasteiger partial charge is 0.150 e. The number of aryl methyl sites for hydroxylation is 2. The van der Waals surface area contributed by atoms with Gasteiger partial charge in [0.2, 0.25) is 0 Å². The zero-order valence-corrected chi connectivity index (χ0v) is 7.14. The third-order valence-corrected chi connectivity index (χ3v) is 1.86. The van der Waals surface area contributed by atoms with E-state index in [1.54, 1.807) is 0 Å². The van der Waals surface area contributed by atoms with Crippen LogP contribution in [-0.4, -0.2) is 14.1 Å². The molecule has 1 nitrogen and oxygen atoms in total. The number of aldehydes is 1. The van der Waals surface area contributed by atoms with E-state index in [9.17, 15) is 4.79 Å². The average molecular weight is 146 g/mol. The van der Waals surface area contributed by atoms with E-state index < -0.39 is 0 Å². The number of benzene rings is 1. The van der Waals surface area contributed by atoms with Gasteiger partial charge in [-0.05, 0) is 25.0 Å². The molecule has 0 saturated heterocycles. The van der Waals surface area contributed by atoms with Crippen LogP contribution in [-0.2, 0) is 0 Å². The van der Waals surface area contributed by atoms with Crippen molar-refractivity contribution in [2.24, 2.45) is 0 Å². The molecule has 1 aromatic rings. The highest BCUT2D eigenvalue weighted by Crippen LogP contribution is 2.07. The van der Waals surface area contributed by atoms with E-state index in [0.717, 1.165) is 23.0 Å². The number of hydrogen-bond donors (Lipinski definition) is 0. The summed E-state index contributed by atoms with van der Waals surface area (Å²) in [6, 6.07) is 4.05. The standard InChI is InChI=1S/C9H11BO/c1-6-3-8(10)4-7(2)9(6)5-11/h3-5H,10H2,1-2H3. The lowest BCUT2D eigenvalue weighted by atomic mass is 9.90. The van der Waals surface area contributed by atoms with Crippen molar-refractivity contribution < 1.29 is 4.79 Å². The number of hydrogen-bond acceptors (Lipinski definition) is 1. The monoisotopic (exact) mass is 146 g/mol. The molecule has 0 fully saturated rings. The highest BCUT2D eigenvalue weighted by Gasteiger charge is 2.00. The summed E-state index contributed by atoms with van der Waals surface area (Å²) < 4.78 is 0. The van der Waals surface area contributed by atoms with Gasteiger partial charge in [0.1, 0.15) is 7.85 Å².